The van der Waals surface area contributed by atoms with Crippen LogP contribution in [-0.4, -0.2) is 49.2 Å². The molecule has 216 valence electrons. The summed E-state index contributed by atoms with van der Waals surface area (Å²) in [6, 6.07) is 14.8. The van der Waals surface area contributed by atoms with E-state index < -0.39 is 22.1 Å². The fourth-order valence-electron chi connectivity index (χ4n) is 6.52. The fraction of sp³-hybridized carbons (Fsp3) is 0.406. The summed E-state index contributed by atoms with van der Waals surface area (Å²) in [5.74, 6) is 0.0463. The molecule has 1 unspecified atom stereocenters. The van der Waals surface area contributed by atoms with Crippen molar-refractivity contribution in [3.63, 3.8) is 0 Å². The average Bonchev–Trinajstić information content (AvgIpc) is 3.38. The number of hydrogen-bond acceptors (Lipinski definition) is 5. The van der Waals surface area contributed by atoms with Crippen LogP contribution in [0, 0.1) is 25.6 Å². The predicted octanol–water partition coefficient (Wildman–Crippen LogP) is 5.78. The molecule has 1 aliphatic heterocycles. The van der Waals surface area contributed by atoms with Crippen LogP contribution in [0.1, 0.15) is 59.1 Å². The lowest BCUT2D eigenvalue weighted by molar-refractivity contribution is -0.138. The number of carboxylic acid groups (broad SMARTS) is 1. The Morgan fingerprint density at radius 2 is 1.71 bits per heavy atom. The first-order chi connectivity index (χ1) is 19.5. The van der Waals surface area contributed by atoms with Crippen LogP contribution in [0.4, 0.5) is 4.39 Å². The van der Waals surface area contributed by atoms with E-state index in [4.69, 9.17) is 9.47 Å². The third-order valence-corrected chi connectivity index (χ3v) is 9.90. The van der Waals surface area contributed by atoms with Crippen molar-refractivity contribution in [1.29, 1.82) is 0 Å². The second-order valence-electron chi connectivity index (χ2n) is 11.6. The predicted molar refractivity (Wildman–Crippen MR) is 153 cm³/mol. The second kappa shape index (κ2) is 10.4. The molecule has 1 heterocycles. The van der Waals surface area contributed by atoms with Gasteiger partial charge in [0.2, 0.25) is 10.0 Å². The Hall–Kier alpha value is -3.43. The second-order valence-corrected chi connectivity index (χ2v) is 13.6. The molecule has 3 aromatic carbocycles. The van der Waals surface area contributed by atoms with Crippen molar-refractivity contribution < 1.29 is 32.2 Å². The van der Waals surface area contributed by atoms with Gasteiger partial charge in [-0.05, 0) is 109 Å². The first kappa shape index (κ1) is 27.7. The highest BCUT2D eigenvalue weighted by Crippen LogP contribution is 2.48. The molecule has 0 amide bonds. The van der Waals surface area contributed by atoms with Crippen LogP contribution in [0.2, 0.25) is 0 Å². The maximum Gasteiger partial charge on any atom is 0.307 e. The third-order valence-electron chi connectivity index (χ3n) is 8.63. The largest absolute Gasteiger partial charge is 0.489 e. The van der Waals surface area contributed by atoms with Crippen molar-refractivity contribution in [2.24, 2.45) is 5.92 Å². The van der Waals surface area contributed by atoms with Crippen molar-refractivity contribution in [3.05, 3.63) is 82.2 Å². The SMILES string of the molecule is Cc1cc(OC2CCN(S(C)(=O)=O)C2)cc(C)c1-c1ccc(F)c2c1CC[C@H]2Oc1ccc([C@H]2C[C@@H]2C(=O)O)cc1. The molecule has 2 fully saturated rings. The van der Waals surface area contributed by atoms with E-state index in [1.54, 1.807) is 0 Å². The number of carbonyl (C=O) groups is 1. The maximum atomic E-state index is 15.2. The smallest absolute Gasteiger partial charge is 0.307 e. The Labute approximate surface area is 240 Å². The highest BCUT2D eigenvalue weighted by atomic mass is 32.2. The number of aliphatic carboxylic acids is 1. The van der Waals surface area contributed by atoms with Crippen molar-refractivity contribution in [1.82, 2.24) is 4.31 Å². The molecule has 4 atom stereocenters. The summed E-state index contributed by atoms with van der Waals surface area (Å²) in [7, 11) is -3.24. The first-order valence-electron chi connectivity index (χ1n) is 14.0. The summed E-state index contributed by atoms with van der Waals surface area (Å²) in [5, 5.41) is 9.20. The summed E-state index contributed by atoms with van der Waals surface area (Å²) in [6.07, 6.45) is 3.27. The molecule has 1 N–H and O–H groups in total. The van der Waals surface area contributed by atoms with Crippen molar-refractivity contribution in [2.45, 2.75) is 57.7 Å². The van der Waals surface area contributed by atoms with Crippen molar-refractivity contribution in [2.75, 3.05) is 19.3 Å². The van der Waals surface area contributed by atoms with Crippen LogP contribution in [0.25, 0.3) is 11.1 Å². The van der Waals surface area contributed by atoms with Gasteiger partial charge >= 0.3 is 5.97 Å². The van der Waals surface area contributed by atoms with E-state index in [-0.39, 0.29) is 23.8 Å². The molecule has 41 heavy (non-hydrogen) atoms. The Bertz CT molecular complexity index is 1600. The molecule has 3 aliphatic rings. The molecule has 0 radical (unpaired) electrons. The van der Waals surface area contributed by atoms with E-state index in [1.165, 1.54) is 16.6 Å². The van der Waals surface area contributed by atoms with Gasteiger partial charge in [-0.15, -0.1) is 0 Å². The Balaban J connectivity index is 1.21. The minimum atomic E-state index is -3.24. The number of benzene rings is 3. The molecule has 1 saturated heterocycles. The minimum absolute atomic E-state index is 0.0531. The Kier molecular flexibility index (Phi) is 7.06. The van der Waals surface area contributed by atoms with Crippen LogP contribution >= 0.6 is 0 Å². The molecule has 0 bridgehead atoms. The number of halogens is 1. The zero-order valence-corrected chi connectivity index (χ0v) is 24.2. The van der Waals surface area contributed by atoms with Crippen LogP contribution < -0.4 is 9.47 Å². The molecule has 6 rings (SSSR count). The molecular weight excluding hydrogens is 545 g/mol. The van der Waals surface area contributed by atoms with Crippen molar-refractivity contribution in [3.8, 4) is 22.6 Å². The van der Waals surface area contributed by atoms with E-state index in [0.717, 1.165) is 33.4 Å². The lowest BCUT2D eigenvalue weighted by Crippen LogP contribution is -2.29. The molecular formula is C32H34FNO6S. The van der Waals surface area contributed by atoms with E-state index in [2.05, 4.69) is 0 Å². The number of carboxylic acids is 1. The maximum absolute atomic E-state index is 15.2. The lowest BCUT2D eigenvalue weighted by Gasteiger charge is -2.20. The lowest BCUT2D eigenvalue weighted by atomic mass is 9.90. The number of ether oxygens (including phenoxy) is 2. The number of sulfonamides is 1. The van der Waals surface area contributed by atoms with E-state index >= 15 is 4.39 Å². The Morgan fingerprint density at radius 1 is 1.00 bits per heavy atom. The zero-order valence-electron chi connectivity index (χ0n) is 23.4. The van der Waals surface area contributed by atoms with Gasteiger partial charge in [0.15, 0.2) is 0 Å². The highest BCUT2D eigenvalue weighted by Gasteiger charge is 2.44. The summed E-state index contributed by atoms with van der Waals surface area (Å²) in [5.41, 5.74) is 6.57. The van der Waals surface area contributed by atoms with Crippen LogP contribution in [-0.2, 0) is 21.2 Å². The van der Waals surface area contributed by atoms with Gasteiger partial charge in [0, 0.05) is 12.1 Å². The summed E-state index contributed by atoms with van der Waals surface area (Å²) in [4.78, 5) is 11.2. The summed E-state index contributed by atoms with van der Waals surface area (Å²) < 4.78 is 52.9. The number of nitrogens with zero attached hydrogens (tertiary/aromatic N) is 1. The molecule has 0 spiro atoms. The van der Waals surface area contributed by atoms with Crippen LogP contribution in [0.15, 0.2) is 48.5 Å². The van der Waals surface area contributed by atoms with E-state index in [1.807, 2.05) is 56.3 Å². The number of rotatable bonds is 8. The molecule has 1 saturated carbocycles. The fourth-order valence-corrected chi connectivity index (χ4v) is 7.40. The number of aryl methyl sites for hydroxylation is 2. The molecule has 0 aromatic heterocycles. The normalized spacial score (nSPS) is 23.8. The molecule has 9 heteroatoms. The molecule has 3 aromatic rings. The highest BCUT2D eigenvalue weighted by molar-refractivity contribution is 7.88. The van der Waals surface area contributed by atoms with Gasteiger partial charge in [-0.2, -0.15) is 4.31 Å². The van der Waals surface area contributed by atoms with E-state index in [9.17, 15) is 18.3 Å². The van der Waals surface area contributed by atoms with Crippen molar-refractivity contribution >= 4 is 16.0 Å². The average molecular weight is 580 g/mol. The van der Waals surface area contributed by atoms with Gasteiger partial charge in [0.25, 0.3) is 0 Å². The van der Waals surface area contributed by atoms with Gasteiger partial charge in [-0.1, -0.05) is 18.2 Å². The van der Waals surface area contributed by atoms with Gasteiger partial charge in [0.1, 0.15) is 29.5 Å². The standard InChI is InChI=1S/C32H34FNO6S/c1-18-14-23(39-22-12-13-34(17-22)41(3,37)38)15-19(2)30(18)24-8-10-28(33)31-25(24)9-11-29(31)40-21-6-4-20(5-7-21)26-16-27(26)32(35)36/h4-8,10,14-15,22,26-27,29H,9,11-13,16-17H2,1-3H3,(H,35,36)/t22?,26-,27+,29-/m1/s1. The molecule has 2 aliphatic carbocycles. The number of hydrogen-bond donors (Lipinski definition) is 1. The van der Waals surface area contributed by atoms with Gasteiger partial charge in [-0.3, -0.25) is 4.79 Å². The van der Waals surface area contributed by atoms with Crippen LogP contribution in [0.5, 0.6) is 11.5 Å². The number of fused-ring (bicyclic) bond motifs is 1. The minimum Gasteiger partial charge on any atom is -0.489 e. The third kappa shape index (κ3) is 5.45. The van der Waals surface area contributed by atoms with Gasteiger partial charge < -0.3 is 14.6 Å². The topological polar surface area (TPSA) is 93.1 Å². The summed E-state index contributed by atoms with van der Waals surface area (Å²) >= 11 is 0. The van der Waals surface area contributed by atoms with Gasteiger partial charge in [0.05, 0.1) is 18.7 Å². The van der Waals surface area contributed by atoms with E-state index in [0.29, 0.717) is 55.8 Å². The quantitative estimate of drug-likeness (QED) is 0.364. The first-order valence-corrected chi connectivity index (χ1v) is 15.9. The van der Waals surface area contributed by atoms with Crippen LogP contribution in [0.3, 0.4) is 0 Å². The Morgan fingerprint density at radius 3 is 2.32 bits per heavy atom. The summed E-state index contributed by atoms with van der Waals surface area (Å²) in [6.45, 7) is 4.83. The van der Waals surface area contributed by atoms with Gasteiger partial charge in [-0.25, -0.2) is 12.8 Å². The molecule has 7 nitrogen and oxygen atoms in total. The monoisotopic (exact) mass is 579 g/mol. The zero-order chi connectivity index (χ0) is 29.1.